The molecule has 0 radical (unpaired) electrons. The molecule has 1 fully saturated rings. The molecule has 0 aliphatic carbocycles. The Morgan fingerprint density at radius 2 is 2.28 bits per heavy atom. The van der Waals surface area contributed by atoms with Crippen LogP contribution in [0.25, 0.3) is 10.9 Å². The van der Waals surface area contributed by atoms with E-state index in [1.165, 1.54) is 54.4 Å². The highest BCUT2D eigenvalue weighted by Crippen LogP contribution is 2.26. The Labute approximate surface area is 109 Å². The summed E-state index contributed by atoms with van der Waals surface area (Å²) in [6, 6.07) is 6.78. The van der Waals surface area contributed by atoms with Crippen LogP contribution >= 0.6 is 0 Å². The Kier molecular flexibility index (Phi) is 3.13. The molecule has 3 rings (SSSR count). The smallest absolute Gasteiger partial charge is 0.0480 e. The summed E-state index contributed by atoms with van der Waals surface area (Å²) in [7, 11) is 2.15. The van der Waals surface area contributed by atoms with Crippen LogP contribution in [0.1, 0.15) is 24.0 Å². The predicted molar refractivity (Wildman–Crippen MR) is 77.0 cm³/mol. The first-order chi connectivity index (χ1) is 8.74. The number of fused-ring (bicyclic) bond motifs is 1. The van der Waals surface area contributed by atoms with Crippen molar-refractivity contribution in [3.8, 4) is 0 Å². The highest BCUT2D eigenvalue weighted by atomic mass is 14.9. The summed E-state index contributed by atoms with van der Waals surface area (Å²) in [5, 5.41) is 4.96. The summed E-state index contributed by atoms with van der Waals surface area (Å²) < 4.78 is 2.26. The molecular weight excluding hydrogens is 220 g/mol. The van der Waals surface area contributed by atoms with Gasteiger partial charge in [0.15, 0.2) is 0 Å². The van der Waals surface area contributed by atoms with Gasteiger partial charge in [0.25, 0.3) is 0 Å². The average molecular weight is 242 g/mol. The molecule has 1 aliphatic rings. The Balaban J connectivity index is 1.93. The first kappa shape index (κ1) is 11.8. The van der Waals surface area contributed by atoms with E-state index >= 15 is 0 Å². The molecule has 0 saturated carbocycles. The van der Waals surface area contributed by atoms with Crippen molar-refractivity contribution in [1.82, 2.24) is 9.88 Å². The maximum absolute atomic E-state index is 3.51. The molecule has 0 bridgehead atoms. The number of hydrogen-bond acceptors (Lipinski definition) is 1. The fourth-order valence-electron chi connectivity index (χ4n) is 3.16. The minimum atomic E-state index is 0.810. The molecule has 2 nitrogen and oxygen atoms in total. The third-order valence-electron chi connectivity index (χ3n) is 4.14. The SMILES string of the molecule is Cc1ccc2c(c1)c(CC1CCCNC1)cn2C. The van der Waals surface area contributed by atoms with Crippen LogP contribution in [0.2, 0.25) is 0 Å². The van der Waals surface area contributed by atoms with E-state index in [-0.39, 0.29) is 0 Å². The maximum atomic E-state index is 3.51. The molecule has 2 heteroatoms. The van der Waals surface area contributed by atoms with Crippen molar-refractivity contribution in [2.24, 2.45) is 13.0 Å². The summed E-state index contributed by atoms with van der Waals surface area (Å²) in [4.78, 5) is 0. The fourth-order valence-corrected chi connectivity index (χ4v) is 3.16. The van der Waals surface area contributed by atoms with Crippen molar-refractivity contribution in [1.29, 1.82) is 0 Å². The van der Waals surface area contributed by atoms with Gasteiger partial charge in [0.2, 0.25) is 0 Å². The van der Waals surface area contributed by atoms with E-state index in [1.807, 2.05) is 0 Å². The molecule has 0 spiro atoms. The zero-order valence-electron chi connectivity index (χ0n) is 11.4. The zero-order chi connectivity index (χ0) is 12.5. The highest BCUT2D eigenvalue weighted by Gasteiger charge is 2.16. The van der Waals surface area contributed by atoms with E-state index in [2.05, 4.69) is 48.3 Å². The number of nitrogens with one attached hydrogen (secondary N) is 1. The lowest BCUT2D eigenvalue weighted by molar-refractivity contribution is 0.376. The van der Waals surface area contributed by atoms with E-state index in [0.717, 1.165) is 5.92 Å². The lowest BCUT2D eigenvalue weighted by atomic mass is 9.92. The minimum absolute atomic E-state index is 0.810. The first-order valence-electron chi connectivity index (χ1n) is 6.99. The molecule has 2 aromatic rings. The largest absolute Gasteiger partial charge is 0.350 e. The Morgan fingerprint density at radius 3 is 3.06 bits per heavy atom. The van der Waals surface area contributed by atoms with E-state index in [1.54, 1.807) is 0 Å². The van der Waals surface area contributed by atoms with E-state index < -0.39 is 0 Å². The van der Waals surface area contributed by atoms with Gasteiger partial charge in [-0.15, -0.1) is 0 Å². The van der Waals surface area contributed by atoms with Gasteiger partial charge in [-0.1, -0.05) is 11.6 Å². The van der Waals surface area contributed by atoms with Crippen molar-refractivity contribution >= 4 is 10.9 Å². The van der Waals surface area contributed by atoms with E-state index in [4.69, 9.17) is 0 Å². The van der Waals surface area contributed by atoms with Crippen LogP contribution in [0.3, 0.4) is 0 Å². The number of hydrogen-bond donors (Lipinski definition) is 1. The third-order valence-corrected chi connectivity index (χ3v) is 4.14. The molecule has 1 atom stereocenters. The summed E-state index contributed by atoms with van der Waals surface area (Å²) >= 11 is 0. The van der Waals surface area contributed by atoms with Gasteiger partial charge in [0, 0.05) is 24.1 Å². The average Bonchev–Trinajstić information content (AvgIpc) is 2.67. The summed E-state index contributed by atoms with van der Waals surface area (Å²) in [6.45, 7) is 4.56. The quantitative estimate of drug-likeness (QED) is 0.856. The minimum Gasteiger partial charge on any atom is -0.350 e. The van der Waals surface area contributed by atoms with Gasteiger partial charge >= 0.3 is 0 Å². The van der Waals surface area contributed by atoms with Gasteiger partial charge < -0.3 is 9.88 Å². The van der Waals surface area contributed by atoms with Crippen molar-refractivity contribution in [2.45, 2.75) is 26.2 Å². The van der Waals surface area contributed by atoms with Crippen molar-refractivity contribution in [3.05, 3.63) is 35.5 Å². The molecular formula is C16H22N2. The van der Waals surface area contributed by atoms with Crippen LogP contribution < -0.4 is 5.32 Å². The molecule has 96 valence electrons. The predicted octanol–water partition coefficient (Wildman–Crippen LogP) is 3.03. The molecule has 1 aromatic heterocycles. The number of aromatic nitrogens is 1. The standard InChI is InChI=1S/C16H22N2/c1-12-5-6-16-15(8-12)14(11-18(16)2)9-13-4-3-7-17-10-13/h5-6,8,11,13,17H,3-4,7,9-10H2,1-2H3. The summed E-state index contributed by atoms with van der Waals surface area (Å²) in [5.41, 5.74) is 4.24. The number of benzene rings is 1. The summed E-state index contributed by atoms with van der Waals surface area (Å²) in [5.74, 6) is 0.810. The maximum Gasteiger partial charge on any atom is 0.0480 e. The monoisotopic (exact) mass is 242 g/mol. The fraction of sp³-hybridized carbons (Fsp3) is 0.500. The van der Waals surface area contributed by atoms with Crippen molar-refractivity contribution < 1.29 is 0 Å². The highest BCUT2D eigenvalue weighted by molar-refractivity contribution is 5.84. The molecule has 1 aliphatic heterocycles. The van der Waals surface area contributed by atoms with Crippen molar-refractivity contribution in [2.75, 3.05) is 13.1 Å². The molecule has 2 heterocycles. The lowest BCUT2D eigenvalue weighted by Crippen LogP contribution is -2.30. The normalized spacial score (nSPS) is 20.4. The van der Waals surface area contributed by atoms with Gasteiger partial charge in [-0.25, -0.2) is 0 Å². The molecule has 18 heavy (non-hydrogen) atoms. The van der Waals surface area contributed by atoms with Crippen LogP contribution in [0, 0.1) is 12.8 Å². The number of rotatable bonds is 2. The van der Waals surface area contributed by atoms with Crippen LogP contribution in [-0.4, -0.2) is 17.7 Å². The van der Waals surface area contributed by atoms with Crippen LogP contribution in [0.5, 0.6) is 0 Å². The molecule has 1 aromatic carbocycles. The number of nitrogens with zero attached hydrogens (tertiary/aromatic N) is 1. The Hall–Kier alpha value is -1.28. The third kappa shape index (κ3) is 2.17. The second kappa shape index (κ2) is 4.77. The van der Waals surface area contributed by atoms with Crippen molar-refractivity contribution in [3.63, 3.8) is 0 Å². The van der Waals surface area contributed by atoms with Crippen LogP contribution in [0.15, 0.2) is 24.4 Å². The second-order valence-electron chi connectivity index (χ2n) is 5.70. The Morgan fingerprint density at radius 1 is 1.39 bits per heavy atom. The van der Waals surface area contributed by atoms with Gasteiger partial charge in [0.05, 0.1) is 0 Å². The molecule has 1 unspecified atom stereocenters. The number of piperidine rings is 1. The van der Waals surface area contributed by atoms with Gasteiger partial charge in [0.1, 0.15) is 0 Å². The van der Waals surface area contributed by atoms with E-state index in [9.17, 15) is 0 Å². The zero-order valence-corrected chi connectivity index (χ0v) is 11.4. The topological polar surface area (TPSA) is 17.0 Å². The van der Waals surface area contributed by atoms with Crippen LogP contribution in [0.4, 0.5) is 0 Å². The van der Waals surface area contributed by atoms with E-state index in [0.29, 0.717) is 0 Å². The number of aryl methyl sites for hydroxylation is 2. The Bertz CT molecular complexity index is 547. The van der Waals surface area contributed by atoms with Gasteiger partial charge in [-0.05, 0) is 62.9 Å². The molecule has 1 N–H and O–H groups in total. The van der Waals surface area contributed by atoms with Gasteiger partial charge in [-0.3, -0.25) is 0 Å². The van der Waals surface area contributed by atoms with Gasteiger partial charge in [-0.2, -0.15) is 0 Å². The lowest BCUT2D eigenvalue weighted by Gasteiger charge is -2.22. The van der Waals surface area contributed by atoms with Crippen LogP contribution in [-0.2, 0) is 13.5 Å². The molecule has 0 amide bonds. The second-order valence-corrected chi connectivity index (χ2v) is 5.70. The summed E-state index contributed by atoms with van der Waals surface area (Å²) in [6.07, 6.45) is 6.23. The molecule has 1 saturated heterocycles. The first-order valence-corrected chi connectivity index (χ1v) is 6.99.